The molecule has 180 valence electrons. The normalized spacial score (nSPS) is 12.2. The molecule has 0 bridgehead atoms. The maximum absolute atomic E-state index is 13.5. The zero-order valence-corrected chi connectivity index (χ0v) is 20.9. The first-order valence-electron chi connectivity index (χ1n) is 11.2. The van der Waals surface area contributed by atoms with E-state index in [1.165, 1.54) is 0 Å². The van der Waals surface area contributed by atoms with Gasteiger partial charge in [-0.2, -0.15) is 5.10 Å². The molecule has 1 atom stereocenters. The van der Waals surface area contributed by atoms with E-state index in [-0.39, 0.29) is 11.9 Å². The van der Waals surface area contributed by atoms with Gasteiger partial charge >= 0.3 is 0 Å². The lowest BCUT2D eigenvalue weighted by molar-refractivity contribution is 0.0940. The molecule has 3 aromatic carbocycles. The number of aryl methyl sites for hydroxylation is 2. The lowest BCUT2D eigenvalue weighted by Gasteiger charge is -2.16. The summed E-state index contributed by atoms with van der Waals surface area (Å²) < 4.78 is 27.4. The number of benzene rings is 3. The van der Waals surface area contributed by atoms with E-state index in [2.05, 4.69) is 16.1 Å². The molecule has 0 saturated carbocycles. The molecule has 1 amide bonds. The van der Waals surface area contributed by atoms with E-state index in [0.29, 0.717) is 16.9 Å². The predicted molar refractivity (Wildman–Crippen MR) is 139 cm³/mol. The van der Waals surface area contributed by atoms with Crippen LogP contribution in [0.15, 0.2) is 79.0 Å². The van der Waals surface area contributed by atoms with Crippen molar-refractivity contribution in [2.75, 3.05) is 11.0 Å². The van der Waals surface area contributed by atoms with Gasteiger partial charge in [-0.15, -0.1) is 0 Å². The molecule has 1 aromatic heterocycles. The topological polar surface area (TPSA) is 93.1 Å². The smallest absolute Gasteiger partial charge is 0.255 e. The largest absolute Gasteiger partial charge is 0.345 e. The minimum atomic E-state index is -3.40. The van der Waals surface area contributed by atoms with Crippen LogP contribution in [0, 0.1) is 13.8 Å². The Balaban J connectivity index is 1.68. The standard InChI is InChI=1S/C27H28N4O3S/c1-18-13-14-24(19(2)15-18)26-25(17-31(29-26)23-11-6-5-7-12-23)27(32)28-20(3)21-9-8-10-22(16-21)30-35(4,33)34/h5-17,20,30H,1-4H3,(H,28,32). The molecule has 1 heterocycles. The molecular formula is C27H28N4O3S. The van der Waals surface area contributed by atoms with Gasteiger partial charge in [0.2, 0.25) is 10.0 Å². The molecule has 35 heavy (non-hydrogen) atoms. The van der Waals surface area contributed by atoms with Crippen molar-refractivity contribution >= 4 is 21.6 Å². The summed E-state index contributed by atoms with van der Waals surface area (Å²) >= 11 is 0. The zero-order valence-electron chi connectivity index (χ0n) is 20.1. The molecule has 2 N–H and O–H groups in total. The number of para-hydroxylation sites is 1. The van der Waals surface area contributed by atoms with Gasteiger partial charge in [0.25, 0.3) is 5.91 Å². The van der Waals surface area contributed by atoms with Crippen LogP contribution >= 0.6 is 0 Å². The van der Waals surface area contributed by atoms with E-state index in [1.54, 1.807) is 29.1 Å². The number of anilines is 1. The fraction of sp³-hybridized carbons (Fsp3) is 0.185. The highest BCUT2D eigenvalue weighted by Crippen LogP contribution is 2.28. The third-order valence-corrected chi connectivity index (χ3v) is 6.26. The fourth-order valence-corrected chi connectivity index (χ4v) is 4.53. The van der Waals surface area contributed by atoms with Gasteiger partial charge in [0.1, 0.15) is 5.69 Å². The van der Waals surface area contributed by atoms with Crippen molar-refractivity contribution in [1.82, 2.24) is 15.1 Å². The minimum absolute atomic E-state index is 0.267. The first-order chi connectivity index (χ1) is 16.6. The number of amides is 1. The average molecular weight is 489 g/mol. The summed E-state index contributed by atoms with van der Waals surface area (Å²) in [6.07, 6.45) is 2.84. The number of sulfonamides is 1. The van der Waals surface area contributed by atoms with Crippen LogP contribution in [0.25, 0.3) is 16.9 Å². The average Bonchev–Trinajstić information content (AvgIpc) is 3.24. The number of hydrogen-bond acceptors (Lipinski definition) is 4. The van der Waals surface area contributed by atoms with E-state index in [1.807, 2.05) is 69.3 Å². The highest BCUT2D eigenvalue weighted by molar-refractivity contribution is 7.92. The molecule has 0 aliphatic heterocycles. The molecule has 7 nitrogen and oxygen atoms in total. The van der Waals surface area contributed by atoms with Gasteiger partial charge in [-0.1, -0.05) is 54.1 Å². The number of rotatable bonds is 7. The second kappa shape index (κ2) is 9.76. The second-order valence-corrected chi connectivity index (χ2v) is 10.4. The van der Waals surface area contributed by atoms with Crippen molar-refractivity contribution in [2.45, 2.75) is 26.8 Å². The Bertz CT molecular complexity index is 1480. The van der Waals surface area contributed by atoms with Crippen molar-refractivity contribution in [3.05, 3.63) is 101 Å². The van der Waals surface area contributed by atoms with Gasteiger partial charge < -0.3 is 5.32 Å². The fourth-order valence-electron chi connectivity index (χ4n) is 3.97. The van der Waals surface area contributed by atoms with Crippen molar-refractivity contribution in [3.63, 3.8) is 0 Å². The van der Waals surface area contributed by atoms with Crippen LogP contribution in [-0.2, 0) is 10.0 Å². The van der Waals surface area contributed by atoms with Crippen molar-refractivity contribution in [3.8, 4) is 16.9 Å². The summed E-state index contributed by atoms with van der Waals surface area (Å²) in [5.41, 5.74) is 6.18. The monoisotopic (exact) mass is 488 g/mol. The zero-order chi connectivity index (χ0) is 25.2. The molecule has 0 radical (unpaired) electrons. The van der Waals surface area contributed by atoms with Crippen LogP contribution in [0.3, 0.4) is 0 Å². The third-order valence-electron chi connectivity index (χ3n) is 5.65. The van der Waals surface area contributed by atoms with Gasteiger partial charge in [-0.05, 0) is 56.2 Å². The number of aromatic nitrogens is 2. The summed E-state index contributed by atoms with van der Waals surface area (Å²) in [7, 11) is -3.40. The quantitative estimate of drug-likeness (QED) is 0.382. The Morgan fingerprint density at radius 3 is 2.40 bits per heavy atom. The Labute approximate surface area is 205 Å². The molecule has 0 aliphatic carbocycles. The number of hydrogen-bond donors (Lipinski definition) is 2. The highest BCUT2D eigenvalue weighted by Gasteiger charge is 2.22. The van der Waals surface area contributed by atoms with Gasteiger partial charge in [0, 0.05) is 17.4 Å². The molecule has 8 heteroatoms. The van der Waals surface area contributed by atoms with E-state index < -0.39 is 10.0 Å². The maximum Gasteiger partial charge on any atom is 0.255 e. The number of carbonyl (C=O) groups excluding carboxylic acids is 1. The Kier molecular flexibility index (Phi) is 6.75. The van der Waals surface area contributed by atoms with Gasteiger partial charge in [-0.25, -0.2) is 13.1 Å². The summed E-state index contributed by atoms with van der Waals surface area (Å²) in [6, 6.07) is 22.3. The SMILES string of the molecule is Cc1ccc(-c2nn(-c3ccccc3)cc2C(=O)NC(C)c2cccc(NS(C)(=O)=O)c2)c(C)c1. The first-order valence-corrected chi connectivity index (χ1v) is 13.1. The number of nitrogens with one attached hydrogen (secondary N) is 2. The predicted octanol–water partition coefficient (Wildman–Crippen LogP) is 5.02. The van der Waals surface area contributed by atoms with Gasteiger partial charge in [0.15, 0.2) is 0 Å². The molecule has 1 unspecified atom stereocenters. The van der Waals surface area contributed by atoms with Crippen LogP contribution in [0.4, 0.5) is 5.69 Å². The van der Waals surface area contributed by atoms with Crippen LogP contribution < -0.4 is 10.0 Å². The van der Waals surface area contributed by atoms with E-state index >= 15 is 0 Å². The van der Waals surface area contributed by atoms with E-state index in [4.69, 9.17) is 5.10 Å². The second-order valence-electron chi connectivity index (χ2n) is 8.68. The van der Waals surface area contributed by atoms with Gasteiger partial charge in [0.05, 0.1) is 23.5 Å². The van der Waals surface area contributed by atoms with Crippen molar-refractivity contribution in [2.24, 2.45) is 0 Å². The lowest BCUT2D eigenvalue weighted by atomic mass is 10.00. The molecule has 0 fully saturated rings. The van der Waals surface area contributed by atoms with Crippen molar-refractivity contribution < 1.29 is 13.2 Å². The Morgan fingerprint density at radius 1 is 0.971 bits per heavy atom. The Hall–Kier alpha value is -3.91. The van der Waals surface area contributed by atoms with Crippen LogP contribution in [0.2, 0.25) is 0 Å². The first kappa shape index (κ1) is 24.2. The summed E-state index contributed by atoms with van der Waals surface area (Å²) in [5, 5.41) is 7.81. The molecule has 0 spiro atoms. The summed E-state index contributed by atoms with van der Waals surface area (Å²) in [6.45, 7) is 5.89. The maximum atomic E-state index is 13.5. The molecule has 4 rings (SSSR count). The summed E-state index contributed by atoms with van der Waals surface area (Å²) in [4.78, 5) is 13.5. The summed E-state index contributed by atoms with van der Waals surface area (Å²) in [5.74, 6) is -0.267. The molecule has 0 aliphatic rings. The van der Waals surface area contributed by atoms with E-state index in [9.17, 15) is 13.2 Å². The molecule has 4 aromatic rings. The third kappa shape index (κ3) is 5.78. The number of carbonyl (C=O) groups is 1. The van der Waals surface area contributed by atoms with Crippen LogP contribution in [-0.4, -0.2) is 30.4 Å². The van der Waals surface area contributed by atoms with Crippen molar-refractivity contribution in [1.29, 1.82) is 0 Å². The highest BCUT2D eigenvalue weighted by atomic mass is 32.2. The van der Waals surface area contributed by atoms with Gasteiger partial charge in [-0.3, -0.25) is 9.52 Å². The molecular weight excluding hydrogens is 460 g/mol. The lowest BCUT2D eigenvalue weighted by Crippen LogP contribution is -2.27. The minimum Gasteiger partial charge on any atom is -0.345 e. The number of nitrogens with zero attached hydrogens (tertiary/aromatic N) is 2. The van der Waals surface area contributed by atoms with Crippen LogP contribution in [0.5, 0.6) is 0 Å². The Morgan fingerprint density at radius 2 is 1.71 bits per heavy atom. The van der Waals surface area contributed by atoms with E-state index in [0.717, 1.165) is 34.2 Å². The molecule has 0 saturated heterocycles. The van der Waals surface area contributed by atoms with Crippen LogP contribution in [0.1, 0.15) is 40.0 Å².